The number of hydrogen-bond donors (Lipinski definition) is 1. The third-order valence-electron chi connectivity index (χ3n) is 5.54. The molecule has 1 aliphatic heterocycles. The van der Waals surface area contributed by atoms with Gasteiger partial charge in [0.15, 0.2) is 0 Å². The van der Waals surface area contributed by atoms with Gasteiger partial charge < -0.3 is 4.90 Å². The summed E-state index contributed by atoms with van der Waals surface area (Å²) in [7, 11) is -3.32. The van der Waals surface area contributed by atoms with Gasteiger partial charge in [0, 0.05) is 6.42 Å². The van der Waals surface area contributed by atoms with Crippen LogP contribution in [0.4, 0.5) is 0 Å². The van der Waals surface area contributed by atoms with Gasteiger partial charge in [0.25, 0.3) is 0 Å². The van der Waals surface area contributed by atoms with Crippen LogP contribution in [0.1, 0.15) is 38.2 Å². The van der Waals surface area contributed by atoms with Crippen molar-refractivity contribution >= 4 is 10.0 Å². The lowest BCUT2D eigenvalue weighted by molar-refractivity contribution is -0.930. The third kappa shape index (κ3) is 3.78. The molecule has 2 fully saturated rings. The fourth-order valence-electron chi connectivity index (χ4n) is 4.09. The second-order valence-corrected chi connectivity index (χ2v) is 9.28. The molecule has 1 heterocycles. The first-order chi connectivity index (χ1) is 11.0. The van der Waals surface area contributed by atoms with Gasteiger partial charge in [0.2, 0.25) is 10.0 Å². The van der Waals surface area contributed by atoms with Crippen LogP contribution >= 0.6 is 0 Å². The molecule has 1 aliphatic carbocycles. The van der Waals surface area contributed by atoms with Crippen molar-refractivity contribution < 1.29 is 13.3 Å². The van der Waals surface area contributed by atoms with E-state index in [9.17, 15) is 8.42 Å². The molecule has 2 atom stereocenters. The highest BCUT2D eigenvalue weighted by Crippen LogP contribution is 2.22. The standard InChI is InChI=1S/C18H28N2O2S/c1-15-6-8-18(9-7-15)23(21,22)20-12-10-19(11-13-20)17-5-3-4-16(2)14-17/h6-9,16-17H,3-5,10-14H2,1-2H3/p+1/t16-,17+/m1/s1. The molecule has 0 unspecified atom stereocenters. The van der Waals surface area contributed by atoms with Gasteiger partial charge in [-0.3, -0.25) is 0 Å². The van der Waals surface area contributed by atoms with Crippen LogP contribution in [0, 0.1) is 12.8 Å². The van der Waals surface area contributed by atoms with Gasteiger partial charge >= 0.3 is 0 Å². The monoisotopic (exact) mass is 337 g/mol. The summed E-state index contributed by atoms with van der Waals surface area (Å²) >= 11 is 0. The van der Waals surface area contributed by atoms with Gasteiger partial charge in [0.05, 0.1) is 37.1 Å². The summed E-state index contributed by atoms with van der Waals surface area (Å²) in [5, 5.41) is 0. The van der Waals surface area contributed by atoms with Crippen LogP contribution < -0.4 is 4.90 Å². The van der Waals surface area contributed by atoms with Gasteiger partial charge in [-0.2, -0.15) is 4.31 Å². The molecule has 1 aromatic rings. The predicted octanol–water partition coefficient (Wildman–Crippen LogP) is 1.46. The van der Waals surface area contributed by atoms with Crippen molar-refractivity contribution in [3.63, 3.8) is 0 Å². The number of hydrogen-bond acceptors (Lipinski definition) is 2. The highest BCUT2D eigenvalue weighted by molar-refractivity contribution is 7.89. The second kappa shape index (κ2) is 6.91. The number of nitrogens with one attached hydrogen (secondary N) is 1. The molecule has 0 spiro atoms. The van der Waals surface area contributed by atoms with E-state index in [0.29, 0.717) is 18.0 Å². The maximum Gasteiger partial charge on any atom is 0.243 e. The summed E-state index contributed by atoms with van der Waals surface area (Å²) in [4.78, 5) is 2.05. The van der Waals surface area contributed by atoms with Gasteiger partial charge in [0.1, 0.15) is 0 Å². The number of nitrogens with zero attached hydrogens (tertiary/aromatic N) is 1. The molecule has 3 rings (SSSR count). The summed E-state index contributed by atoms with van der Waals surface area (Å²) in [5.74, 6) is 0.829. The molecule has 0 bridgehead atoms. The van der Waals surface area contributed by atoms with E-state index in [1.54, 1.807) is 21.3 Å². The number of piperazine rings is 1. The zero-order chi connectivity index (χ0) is 16.4. The van der Waals surface area contributed by atoms with Crippen LogP contribution in [-0.4, -0.2) is 44.9 Å². The normalized spacial score (nSPS) is 27.9. The minimum absolute atomic E-state index is 0.429. The van der Waals surface area contributed by atoms with Gasteiger partial charge in [-0.05, 0) is 37.8 Å². The largest absolute Gasteiger partial charge is 0.330 e. The molecular formula is C18H29N2O2S+. The zero-order valence-electron chi connectivity index (χ0n) is 14.3. The van der Waals surface area contributed by atoms with Gasteiger partial charge in [-0.1, -0.05) is 31.0 Å². The molecule has 128 valence electrons. The van der Waals surface area contributed by atoms with Crippen molar-refractivity contribution in [1.29, 1.82) is 0 Å². The summed E-state index contributed by atoms with van der Waals surface area (Å²) in [6, 6.07) is 7.94. The number of quaternary nitrogens is 1. The average molecular weight is 338 g/mol. The van der Waals surface area contributed by atoms with E-state index in [2.05, 4.69) is 6.92 Å². The summed E-state index contributed by atoms with van der Waals surface area (Å²) < 4.78 is 27.2. The Balaban J connectivity index is 1.63. The zero-order valence-corrected chi connectivity index (χ0v) is 15.1. The Morgan fingerprint density at radius 1 is 1.09 bits per heavy atom. The highest BCUT2D eigenvalue weighted by atomic mass is 32.2. The molecule has 1 N–H and O–H groups in total. The SMILES string of the molecule is Cc1ccc(S(=O)(=O)N2CC[NH+]([C@H]3CCC[C@@H](C)C3)CC2)cc1. The Kier molecular flexibility index (Phi) is 5.09. The van der Waals surface area contributed by atoms with E-state index in [1.807, 2.05) is 19.1 Å². The smallest absolute Gasteiger partial charge is 0.243 e. The van der Waals surface area contributed by atoms with Crippen molar-refractivity contribution in [2.24, 2.45) is 5.92 Å². The lowest BCUT2D eigenvalue weighted by Crippen LogP contribution is -3.18. The predicted molar refractivity (Wildman–Crippen MR) is 92.1 cm³/mol. The highest BCUT2D eigenvalue weighted by Gasteiger charge is 2.34. The maximum atomic E-state index is 12.8. The van der Waals surface area contributed by atoms with E-state index in [-0.39, 0.29) is 0 Å². The number of benzene rings is 1. The first kappa shape index (κ1) is 16.9. The minimum atomic E-state index is -3.32. The molecule has 0 amide bonds. The van der Waals surface area contributed by atoms with E-state index < -0.39 is 10.0 Å². The maximum absolute atomic E-state index is 12.8. The summed E-state index contributed by atoms with van der Waals surface area (Å²) in [6.07, 6.45) is 5.31. The van der Waals surface area contributed by atoms with Gasteiger partial charge in [-0.25, -0.2) is 8.42 Å². The van der Waals surface area contributed by atoms with Crippen molar-refractivity contribution in [2.75, 3.05) is 26.2 Å². The summed E-state index contributed by atoms with van der Waals surface area (Å²) in [5.41, 5.74) is 1.09. The lowest BCUT2D eigenvalue weighted by Gasteiger charge is -2.38. The Labute approximate surface area is 140 Å². The Morgan fingerprint density at radius 3 is 2.35 bits per heavy atom. The fraction of sp³-hybridized carbons (Fsp3) is 0.667. The van der Waals surface area contributed by atoms with Crippen molar-refractivity contribution in [3.05, 3.63) is 29.8 Å². The first-order valence-electron chi connectivity index (χ1n) is 8.88. The van der Waals surface area contributed by atoms with Crippen LogP contribution in [0.2, 0.25) is 0 Å². The number of rotatable bonds is 3. The van der Waals surface area contributed by atoms with Crippen LogP contribution in [0.15, 0.2) is 29.2 Å². The average Bonchev–Trinajstić information content (AvgIpc) is 2.55. The molecule has 4 nitrogen and oxygen atoms in total. The van der Waals surface area contributed by atoms with Crippen LogP contribution in [0.25, 0.3) is 0 Å². The van der Waals surface area contributed by atoms with E-state index in [0.717, 1.165) is 30.6 Å². The molecule has 2 aliphatic rings. The quantitative estimate of drug-likeness (QED) is 0.907. The number of sulfonamides is 1. The summed E-state index contributed by atoms with van der Waals surface area (Å²) in [6.45, 7) is 7.52. The van der Waals surface area contributed by atoms with Gasteiger partial charge in [-0.15, -0.1) is 0 Å². The van der Waals surface area contributed by atoms with Crippen molar-refractivity contribution in [3.8, 4) is 0 Å². The Bertz CT molecular complexity index is 619. The molecule has 1 aromatic carbocycles. The third-order valence-corrected chi connectivity index (χ3v) is 7.45. The second-order valence-electron chi connectivity index (χ2n) is 7.34. The van der Waals surface area contributed by atoms with E-state index >= 15 is 0 Å². The van der Waals surface area contributed by atoms with Crippen LogP contribution in [0.3, 0.4) is 0 Å². The van der Waals surface area contributed by atoms with Crippen molar-refractivity contribution in [1.82, 2.24) is 4.31 Å². The number of aryl methyl sites for hydroxylation is 1. The van der Waals surface area contributed by atoms with Crippen LogP contribution in [-0.2, 0) is 10.0 Å². The molecular weight excluding hydrogens is 308 g/mol. The Hall–Kier alpha value is -0.910. The lowest BCUT2D eigenvalue weighted by atomic mass is 9.86. The fourth-order valence-corrected chi connectivity index (χ4v) is 5.53. The molecule has 1 saturated carbocycles. The molecule has 0 radical (unpaired) electrons. The minimum Gasteiger partial charge on any atom is -0.330 e. The van der Waals surface area contributed by atoms with E-state index in [4.69, 9.17) is 0 Å². The van der Waals surface area contributed by atoms with Crippen LogP contribution in [0.5, 0.6) is 0 Å². The first-order valence-corrected chi connectivity index (χ1v) is 10.3. The molecule has 0 aromatic heterocycles. The molecule has 23 heavy (non-hydrogen) atoms. The molecule has 5 heteroatoms. The molecule has 1 saturated heterocycles. The topological polar surface area (TPSA) is 41.8 Å². The Morgan fingerprint density at radius 2 is 1.74 bits per heavy atom. The van der Waals surface area contributed by atoms with Crippen molar-refractivity contribution in [2.45, 2.75) is 50.5 Å². The van der Waals surface area contributed by atoms with E-state index in [1.165, 1.54) is 25.7 Å².